The SMILES string of the molecule is O=C(N[C@@H]1CCN2CCC[C@@H]12)c1ccccc1. The molecule has 0 bridgehead atoms. The highest BCUT2D eigenvalue weighted by Gasteiger charge is 2.37. The number of nitrogens with one attached hydrogen (secondary N) is 1. The molecule has 0 spiro atoms. The summed E-state index contributed by atoms with van der Waals surface area (Å²) in [4.78, 5) is 14.6. The van der Waals surface area contributed by atoms with Crippen molar-refractivity contribution in [1.82, 2.24) is 10.2 Å². The maximum atomic E-state index is 12.1. The first-order valence-corrected chi connectivity index (χ1v) is 6.44. The fourth-order valence-electron chi connectivity index (χ4n) is 3.09. The van der Waals surface area contributed by atoms with E-state index in [2.05, 4.69) is 10.2 Å². The summed E-state index contributed by atoms with van der Waals surface area (Å²) in [6.45, 7) is 2.35. The van der Waals surface area contributed by atoms with Crippen LogP contribution in [-0.4, -0.2) is 36.0 Å². The van der Waals surface area contributed by atoms with E-state index in [9.17, 15) is 4.79 Å². The second-order valence-corrected chi connectivity index (χ2v) is 4.98. The summed E-state index contributed by atoms with van der Waals surface area (Å²) in [5.41, 5.74) is 0.768. The van der Waals surface area contributed by atoms with Crippen LogP contribution in [0.2, 0.25) is 0 Å². The Bertz CT molecular complexity index is 404. The normalized spacial score (nSPS) is 28.0. The van der Waals surface area contributed by atoms with Crippen molar-refractivity contribution < 1.29 is 4.79 Å². The highest BCUT2D eigenvalue weighted by Crippen LogP contribution is 2.27. The zero-order chi connectivity index (χ0) is 11.7. The molecule has 1 N–H and O–H groups in total. The van der Waals surface area contributed by atoms with E-state index in [1.54, 1.807) is 0 Å². The molecule has 0 radical (unpaired) electrons. The Kier molecular flexibility index (Phi) is 2.85. The largest absolute Gasteiger partial charge is 0.348 e. The molecule has 3 heteroatoms. The van der Waals surface area contributed by atoms with Gasteiger partial charge < -0.3 is 5.32 Å². The molecule has 2 aliphatic heterocycles. The second-order valence-electron chi connectivity index (χ2n) is 4.98. The predicted molar refractivity (Wildman–Crippen MR) is 66.9 cm³/mol. The summed E-state index contributed by atoms with van der Waals surface area (Å²) in [7, 11) is 0. The van der Waals surface area contributed by atoms with Crippen molar-refractivity contribution in [3.05, 3.63) is 35.9 Å². The van der Waals surface area contributed by atoms with Gasteiger partial charge in [-0.1, -0.05) is 18.2 Å². The number of benzene rings is 1. The Hall–Kier alpha value is -1.35. The molecule has 17 heavy (non-hydrogen) atoms. The molecule has 2 atom stereocenters. The molecule has 2 heterocycles. The van der Waals surface area contributed by atoms with Crippen LogP contribution in [-0.2, 0) is 0 Å². The van der Waals surface area contributed by atoms with Gasteiger partial charge >= 0.3 is 0 Å². The number of carbonyl (C=O) groups excluding carboxylic acids is 1. The third kappa shape index (κ3) is 2.07. The standard InChI is InChI=1S/C14H18N2O/c17-14(11-5-2-1-3-6-11)15-12-8-10-16-9-4-7-13(12)16/h1-3,5-6,12-13H,4,7-10H2,(H,15,17)/t12-,13+/m1/s1. The van der Waals surface area contributed by atoms with Crippen molar-refractivity contribution in [2.45, 2.75) is 31.3 Å². The fraction of sp³-hybridized carbons (Fsp3) is 0.500. The summed E-state index contributed by atoms with van der Waals surface area (Å²) in [5, 5.41) is 3.19. The van der Waals surface area contributed by atoms with Crippen molar-refractivity contribution >= 4 is 5.91 Å². The Balaban J connectivity index is 1.66. The second kappa shape index (κ2) is 4.49. The van der Waals surface area contributed by atoms with E-state index in [1.807, 2.05) is 30.3 Å². The lowest BCUT2D eigenvalue weighted by Crippen LogP contribution is -2.42. The minimum Gasteiger partial charge on any atom is -0.348 e. The van der Waals surface area contributed by atoms with Gasteiger partial charge in [-0.15, -0.1) is 0 Å². The van der Waals surface area contributed by atoms with Crippen molar-refractivity contribution in [2.75, 3.05) is 13.1 Å². The third-order valence-electron chi connectivity index (χ3n) is 3.96. The Morgan fingerprint density at radius 2 is 2.00 bits per heavy atom. The lowest BCUT2D eigenvalue weighted by molar-refractivity contribution is 0.0929. The lowest BCUT2D eigenvalue weighted by atomic mass is 10.1. The highest BCUT2D eigenvalue weighted by atomic mass is 16.1. The van der Waals surface area contributed by atoms with Crippen LogP contribution in [0.25, 0.3) is 0 Å². The highest BCUT2D eigenvalue weighted by molar-refractivity contribution is 5.94. The van der Waals surface area contributed by atoms with Crippen LogP contribution >= 0.6 is 0 Å². The summed E-state index contributed by atoms with van der Waals surface area (Å²) in [5.74, 6) is 0.0735. The first kappa shape index (κ1) is 10.8. The van der Waals surface area contributed by atoms with Gasteiger partial charge in [0.05, 0.1) is 0 Å². The molecule has 3 nitrogen and oxygen atoms in total. The third-order valence-corrected chi connectivity index (χ3v) is 3.96. The van der Waals surface area contributed by atoms with Gasteiger partial charge in [0.25, 0.3) is 5.91 Å². The van der Waals surface area contributed by atoms with Gasteiger partial charge in [0.1, 0.15) is 0 Å². The van der Waals surface area contributed by atoms with E-state index in [0.717, 1.165) is 18.5 Å². The van der Waals surface area contributed by atoms with E-state index in [4.69, 9.17) is 0 Å². The van der Waals surface area contributed by atoms with Crippen LogP contribution in [0.4, 0.5) is 0 Å². The topological polar surface area (TPSA) is 32.3 Å². The zero-order valence-corrected chi connectivity index (χ0v) is 9.93. The molecule has 0 unspecified atom stereocenters. The van der Waals surface area contributed by atoms with E-state index >= 15 is 0 Å². The van der Waals surface area contributed by atoms with Gasteiger partial charge in [-0.05, 0) is 37.9 Å². The molecule has 2 fully saturated rings. The van der Waals surface area contributed by atoms with Gasteiger partial charge in [0.2, 0.25) is 0 Å². The van der Waals surface area contributed by atoms with Gasteiger partial charge in [0, 0.05) is 24.2 Å². The molecule has 0 aromatic heterocycles. The number of fused-ring (bicyclic) bond motifs is 1. The zero-order valence-electron chi connectivity index (χ0n) is 9.93. The molecular weight excluding hydrogens is 212 g/mol. The Morgan fingerprint density at radius 1 is 1.18 bits per heavy atom. The smallest absolute Gasteiger partial charge is 0.251 e. The van der Waals surface area contributed by atoms with Gasteiger partial charge in [-0.2, -0.15) is 0 Å². The summed E-state index contributed by atoms with van der Waals surface area (Å²) in [6.07, 6.45) is 3.62. The van der Waals surface area contributed by atoms with Crippen molar-refractivity contribution in [2.24, 2.45) is 0 Å². The molecule has 0 aliphatic carbocycles. The number of nitrogens with zero attached hydrogens (tertiary/aromatic N) is 1. The Labute approximate surface area is 102 Å². The molecule has 1 aromatic rings. The number of amides is 1. The van der Waals surface area contributed by atoms with E-state index in [1.165, 1.54) is 19.4 Å². The van der Waals surface area contributed by atoms with Gasteiger partial charge in [-0.3, -0.25) is 9.69 Å². The molecule has 3 rings (SSSR count). The quantitative estimate of drug-likeness (QED) is 0.838. The number of hydrogen-bond acceptors (Lipinski definition) is 2. The van der Waals surface area contributed by atoms with Crippen LogP contribution < -0.4 is 5.32 Å². The summed E-state index contributed by atoms with van der Waals surface area (Å²) in [6, 6.07) is 10.4. The first-order chi connectivity index (χ1) is 8.34. The maximum Gasteiger partial charge on any atom is 0.251 e. The molecule has 1 aromatic carbocycles. The van der Waals surface area contributed by atoms with Crippen LogP contribution in [0, 0.1) is 0 Å². The lowest BCUT2D eigenvalue weighted by Gasteiger charge is -2.21. The Morgan fingerprint density at radius 3 is 2.82 bits per heavy atom. The predicted octanol–water partition coefficient (Wildman–Crippen LogP) is 1.65. The molecule has 0 saturated carbocycles. The molecule has 2 saturated heterocycles. The van der Waals surface area contributed by atoms with Crippen LogP contribution in [0.5, 0.6) is 0 Å². The molecule has 2 aliphatic rings. The number of hydrogen-bond donors (Lipinski definition) is 1. The maximum absolute atomic E-state index is 12.1. The minimum atomic E-state index is 0.0735. The van der Waals surface area contributed by atoms with E-state index in [0.29, 0.717) is 12.1 Å². The van der Waals surface area contributed by atoms with Gasteiger partial charge in [0.15, 0.2) is 0 Å². The van der Waals surface area contributed by atoms with Gasteiger partial charge in [-0.25, -0.2) is 0 Å². The number of rotatable bonds is 2. The fourth-order valence-corrected chi connectivity index (χ4v) is 3.09. The van der Waals surface area contributed by atoms with Crippen LogP contribution in [0.15, 0.2) is 30.3 Å². The molecule has 1 amide bonds. The average molecular weight is 230 g/mol. The van der Waals surface area contributed by atoms with Crippen LogP contribution in [0.3, 0.4) is 0 Å². The molecule has 90 valence electrons. The first-order valence-electron chi connectivity index (χ1n) is 6.44. The van der Waals surface area contributed by atoms with Crippen molar-refractivity contribution in [3.8, 4) is 0 Å². The van der Waals surface area contributed by atoms with Crippen molar-refractivity contribution in [3.63, 3.8) is 0 Å². The van der Waals surface area contributed by atoms with Crippen LogP contribution in [0.1, 0.15) is 29.6 Å². The molecular formula is C14H18N2O. The average Bonchev–Trinajstić information content (AvgIpc) is 2.95. The minimum absolute atomic E-state index is 0.0735. The summed E-state index contributed by atoms with van der Waals surface area (Å²) < 4.78 is 0. The summed E-state index contributed by atoms with van der Waals surface area (Å²) >= 11 is 0. The van der Waals surface area contributed by atoms with E-state index in [-0.39, 0.29) is 5.91 Å². The van der Waals surface area contributed by atoms with E-state index < -0.39 is 0 Å². The monoisotopic (exact) mass is 230 g/mol. The van der Waals surface area contributed by atoms with Crippen molar-refractivity contribution in [1.29, 1.82) is 0 Å². The number of carbonyl (C=O) groups is 1.